The summed E-state index contributed by atoms with van der Waals surface area (Å²) in [6, 6.07) is 0. The molecular formula is C10H19NO2S. The zero-order valence-corrected chi connectivity index (χ0v) is 10.1. The highest BCUT2D eigenvalue weighted by molar-refractivity contribution is 8.00. The molecule has 82 valence electrons. The van der Waals surface area contributed by atoms with Crippen molar-refractivity contribution in [2.24, 2.45) is 0 Å². The highest BCUT2D eigenvalue weighted by atomic mass is 32.2. The van der Waals surface area contributed by atoms with Gasteiger partial charge in [0.1, 0.15) is 5.60 Å². The monoisotopic (exact) mass is 217 g/mol. The molecule has 1 fully saturated rings. The average Bonchev–Trinajstić information content (AvgIpc) is 1.99. The van der Waals surface area contributed by atoms with Gasteiger partial charge in [0.25, 0.3) is 5.91 Å². The lowest BCUT2D eigenvalue weighted by molar-refractivity contribution is -0.148. The van der Waals surface area contributed by atoms with E-state index in [2.05, 4.69) is 13.8 Å². The topological polar surface area (TPSA) is 40.5 Å². The van der Waals surface area contributed by atoms with E-state index in [0.29, 0.717) is 0 Å². The van der Waals surface area contributed by atoms with Crippen LogP contribution in [0.25, 0.3) is 0 Å². The zero-order valence-electron chi connectivity index (χ0n) is 9.33. The molecule has 0 aromatic carbocycles. The summed E-state index contributed by atoms with van der Waals surface area (Å²) in [4.78, 5) is 13.5. The number of rotatable bonds is 1. The van der Waals surface area contributed by atoms with Gasteiger partial charge >= 0.3 is 0 Å². The van der Waals surface area contributed by atoms with Crippen LogP contribution in [0.1, 0.15) is 27.7 Å². The van der Waals surface area contributed by atoms with Crippen molar-refractivity contribution in [1.82, 2.24) is 4.90 Å². The lowest BCUT2D eigenvalue weighted by Crippen LogP contribution is -2.52. The summed E-state index contributed by atoms with van der Waals surface area (Å²) in [5.41, 5.74) is -1.24. The Morgan fingerprint density at radius 3 is 2.50 bits per heavy atom. The van der Waals surface area contributed by atoms with Crippen molar-refractivity contribution < 1.29 is 9.90 Å². The van der Waals surface area contributed by atoms with E-state index in [1.54, 1.807) is 18.7 Å². The van der Waals surface area contributed by atoms with Crippen LogP contribution < -0.4 is 0 Å². The second-order valence-electron chi connectivity index (χ2n) is 4.89. The second kappa shape index (κ2) is 3.74. The predicted molar refractivity (Wildman–Crippen MR) is 59.4 cm³/mol. The van der Waals surface area contributed by atoms with Crippen molar-refractivity contribution in [2.45, 2.75) is 38.0 Å². The maximum Gasteiger partial charge on any atom is 0.254 e. The molecule has 0 aromatic rings. The van der Waals surface area contributed by atoms with Crippen LogP contribution in [0.2, 0.25) is 0 Å². The van der Waals surface area contributed by atoms with Gasteiger partial charge in [-0.25, -0.2) is 0 Å². The SMILES string of the molecule is CC1(C)CN(C(=O)C(C)(C)O)CCS1. The number of amides is 1. The van der Waals surface area contributed by atoms with Crippen LogP contribution in [0.4, 0.5) is 0 Å². The van der Waals surface area contributed by atoms with Crippen LogP contribution in [-0.4, -0.2) is 45.1 Å². The Morgan fingerprint density at radius 2 is 2.07 bits per heavy atom. The number of carbonyl (C=O) groups is 1. The molecule has 0 radical (unpaired) electrons. The van der Waals surface area contributed by atoms with Crippen molar-refractivity contribution in [3.05, 3.63) is 0 Å². The molecule has 1 amide bonds. The average molecular weight is 217 g/mol. The lowest BCUT2D eigenvalue weighted by Gasteiger charge is -2.39. The quantitative estimate of drug-likeness (QED) is 0.715. The second-order valence-corrected chi connectivity index (χ2v) is 6.70. The molecule has 1 aliphatic heterocycles. The third kappa shape index (κ3) is 2.89. The molecule has 4 heteroatoms. The Bertz CT molecular complexity index is 233. The summed E-state index contributed by atoms with van der Waals surface area (Å²) in [5, 5.41) is 9.61. The van der Waals surface area contributed by atoms with E-state index in [-0.39, 0.29) is 10.7 Å². The van der Waals surface area contributed by atoms with Gasteiger partial charge in [-0.2, -0.15) is 11.8 Å². The van der Waals surface area contributed by atoms with E-state index in [4.69, 9.17) is 0 Å². The Balaban J connectivity index is 2.66. The number of thioether (sulfide) groups is 1. The Morgan fingerprint density at radius 1 is 1.50 bits per heavy atom. The zero-order chi connectivity index (χ0) is 11.0. The van der Waals surface area contributed by atoms with Gasteiger partial charge in [-0.05, 0) is 27.7 Å². The fourth-order valence-electron chi connectivity index (χ4n) is 1.58. The van der Waals surface area contributed by atoms with Gasteiger partial charge in [0.2, 0.25) is 0 Å². The van der Waals surface area contributed by atoms with E-state index in [1.165, 1.54) is 0 Å². The first kappa shape index (κ1) is 11.9. The summed E-state index contributed by atoms with van der Waals surface area (Å²) >= 11 is 1.88. The summed E-state index contributed by atoms with van der Waals surface area (Å²) in [6.45, 7) is 8.81. The molecule has 0 bridgehead atoms. The number of nitrogens with zero attached hydrogens (tertiary/aromatic N) is 1. The normalized spacial score (nSPS) is 22.2. The van der Waals surface area contributed by atoms with E-state index < -0.39 is 5.60 Å². The van der Waals surface area contributed by atoms with Crippen LogP contribution in [0.5, 0.6) is 0 Å². The maximum atomic E-state index is 11.8. The van der Waals surface area contributed by atoms with E-state index in [1.807, 2.05) is 11.8 Å². The molecule has 0 saturated carbocycles. The largest absolute Gasteiger partial charge is 0.381 e. The van der Waals surface area contributed by atoms with Gasteiger partial charge in [0.05, 0.1) is 0 Å². The Kier molecular flexibility index (Phi) is 3.17. The minimum Gasteiger partial charge on any atom is -0.381 e. The molecule has 0 aromatic heterocycles. The molecule has 1 N–H and O–H groups in total. The minimum atomic E-state index is -1.24. The van der Waals surface area contributed by atoms with Crippen molar-refractivity contribution in [3.8, 4) is 0 Å². The number of aliphatic hydroxyl groups is 1. The van der Waals surface area contributed by atoms with Crippen LogP contribution >= 0.6 is 11.8 Å². The molecule has 0 unspecified atom stereocenters. The molecule has 0 atom stereocenters. The summed E-state index contributed by atoms with van der Waals surface area (Å²) in [7, 11) is 0. The summed E-state index contributed by atoms with van der Waals surface area (Å²) in [5.74, 6) is 0.792. The van der Waals surface area contributed by atoms with Crippen molar-refractivity contribution >= 4 is 17.7 Å². The molecule has 0 aliphatic carbocycles. The lowest BCUT2D eigenvalue weighted by atomic mass is 10.1. The van der Waals surface area contributed by atoms with Gasteiger partial charge in [-0.15, -0.1) is 0 Å². The Labute approximate surface area is 89.9 Å². The van der Waals surface area contributed by atoms with Crippen LogP contribution in [0.3, 0.4) is 0 Å². The standard InChI is InChI=1S/C10H19NO2S/c1-9(2)7-11(5-6-14-9)8(12)10(3,4)13/h13H,5-7H2,1-4H3. The molecule has 0 spiro atoms. The Hall–Kier alpha value is -0.220. The molecule has 1 heterocycles. The van der Waals surface area contributed by atoms with Gasteiger partial charge < -0.3 is 10.0 Å². The maximum absolute atomic E-state index is 11.8. The fourth-order valence-corrected chi connectivity index (χ4v) is 2.69. The molecular weight excluding hydrogens is 198 g/mol. The number of carbonyl (C=O) groups excluding carboxylic acids is 1. The fraction of sp³-hybridized carbons (Fsp3) is 0.900. The predicted octanol–water partition coefficient (Wildman–Crippen LogP) is 1.11. The number of hydrogen-bond donors (Lipinski definition) is 1. The van der Waals surface area contributed by atoms with E-state index in [0.717, 1.165) is 18.8 Å². The van der Waals surface area contributed by atoms with Crippen molar-refractivity contribution in [3.63, 3.8) is 0 Å². The van der Waals surface area contributed by atoms with E-state index >= 15 is 0 Å². The molecule has 14 heavy (non-hydrogen) atoms. The van der Waals surface area contributed by atoms with E-state index in [9.17, 15) is 9.90 Å². The van der Waals surface area contributed by atoms with Gasteiger partial charge in [-0.1, -0.05) is 0 Å². The molecule has 1 rings (SSSR count). The molecule has 1 saturated heterocycles. The van der Waals surface area contributed by atoms with Gasteiger partial charge in [0, 0.05) is 23.6 Å². The third-order valence-electron chi connectivity index (χ3n) is 2.24. The first-order valence-electron chi connectivity index (χ1n) is 4.88. The van der Waals surface area contributed by atoms with Crippen molar-refractivity contribution in [2.75, 3.05) is 18.8 Å². The molecule has 3 nitrogen and oxygen atoms in total. The van der Waals surface area contributed by atoms with Crippen LogP contribution in [-0.2, 0) is 4.79 Å². The first-order valence-corrected chi connectivity index (χ1v) is 5.87. The summed E-state index contributed by atoms with van der Waals surface area (Å²) < 4.78 is 0.110. The van der Waals surface area contributed by atoms with Crippen LogP contribution in [0, 0.1) is 0 Å². The van der Waals surface area contributed by atoms with Crippen LogP contribution in [0.15, 0.2) is 0 Å². The van der Waals surface area contributed by atoms with Gasteiger partial charge in [-0.3, -0.25) is 4.79 Å². The smallest absolute Gasteiger partial charge is 0.254 e. The highest BCUT2D eigenvalue weighted by Crippen LogP contribution is 2.30. The third-order valence-corrected chi connectivity index (χ3v) is 3.53. The van der Waals surface area contributed by atoms with Crippen molar-refractivity contribution in [1.29, 1.82) is 0 Å². The number of hydrogen-bond acceptors (Lipinski definition) is 3. The highest BCUT2D eigenvalue weighted by Gasteiger charge is 2.35. The first-order chi connectivity index (χ1) is 6.22. The van der Waals surface area contributed by atoms with Gasteiger partial charge in [0.15, 0.2) is 0 Å². The molecule has 1 aliphatic rings. The summed E-state index contributed by atoms with van der Waals surface area (Å²) in [6.07, 6.45) is 0. The minimum absolute atomic E-state index is 0.110.